The fourth-order valence-corrected chi connectivity index (χ4v) is 3.08. The van der Waals surface area contributed by atoms with Crippen molar-refractivity contribution in [3.05, 3.63) is 95.7 Å². The molecular weight excluding hydrogens is 324 g/mol. The minimum Gasteiger partial charge on any atom is -0.452 e. The average molecular weight is 340 g/mol. The molecule has 126 valence electrons. The number of benzene rings is 3. The van der Waals surface area contributed by atoms with Gasteiger partial charge in [-0.1, -0.05) is 72.8 Å². The molecule has 0 saturated heterocycles. The van der Waals surface area contributed by atoms with Gasteiger partial charge in [0.1, 0.15) is 5.58 Å². The summed E-state index contributed by atoms with van der Waals surface area (Å²) < 4.78 is 5.93. The number of Topliss-reactive ketones (excluding diaryl/α,β-unsaturated/α-hetero) is 1. The topological polar surface area (TPSA) is 47.3 Å². The van der Waals surface area contributed by atoms with E-state index in [0.29, 0.717) is 22.5 Å². The summed E-state index contributed by atoms with van der Waals surface area (Å²) >= 11 is 0. The van der Waals surface area contributed by atoms with E-state index in [1.54, 1.807) is 24.3 Å². The molecule has 0 aliphatic heterocycles. The van der Waals surface area contributed by atoms with Crippen LogP contribution >= 0.6 is 0 Å². The molecule has 0 N–H and O–H groups in total. The fourth-order valence-electron chi connectivity index (χ4n) is 3.08. The first kappa shape index (κ1) is 16.0. The predicted octanol–water partition coefficient (Wildman–Crippen LogP) is 5.53. The lowest BCUT2D eigenvalue weighted by Crippen LogP contribution is -2.01. The smallest absolute Gasteiger partial charge is 0.228 e. The first-order valence-electron chi connectivity index (χ1n) is 8.38. The highest BCUT2D eigenvalue weighted by Gasteiger charge is 2.22. The third-order valence-electron chi connectivity index (χ3n) is 4.42. The fraction of sp³-hybridized carbons (Fsp3) is 0.0435. The maximum absolute atomic E-state index is 13.0. The van der Waals surface area contributed by atoms with Gasteiger partial charge in [0.05, 0.1) is 0 Å². The zero-order chi connectivity index (χ0) is 18.1. The summed E-state index contributed by atoms with van der Waals surface area (Å²) in [6, 6.07) is 23.9. The second-order valence-electron chi connectivity index (χ2n) is 6.13. The second-order valence-corrected chi connectivity index (χ2v) is 6.13. The van der Waals surface area contributed by atoms with Gasteiger partial charge in [-0.15, -0.1) is 0 Å². The van der Waals surface area contributed by atoms with Crippen molar-refractivity contribution < 1.29 is 14.0 Å². The summed E-state index contributed by atoms with van der Waals surface area (Å²) in [4.78, 5) is 24.6. The van der Waals surface area contributed by atoms with E-state index in [1.165, 1.54) is 6.92 Å². The van der Waals surface area contributed by atoms with Crippen molar-refractivity contribution in [2.24, 2.45) is 0 Å². The molecule has 4 rings (SSSR count). The van der Waals surface area contributed by atoms with Gasteiger partial charge >= 0.3 is 0 Å². The maximum Gasteiger partial charge on any atom is 0.228 e. The van der Waals surface area contributed by atoms with Gasteiger partial charge in [0.15, 0.2) is 11.5 Å². The first-order valence-corrected chi connectivity index (χ1v) is 8.38. The van der Waals surface area contributed by atoms with Crippen molar-refractivity contribution in [3.8, 4) is 11.1 Å². The number of hydrogen-bond donors (Lipinski definition) is 0. The lowest BCUT2D eigenvalue weighted by atomic mass is 9.97. The van der Waals surface area contributed by atoms with Crippen LogP contribution in [0.25, 0.3) is 22.1 Å². The van der Waals surface area contributed by atoms with Crippen LogP contribution in [0, 0.1) is 0 Å². The number of para-hydroxylation sites is 1. The molecule has 0 radical (unpaired) electrons. The largest absolute Gasteiger partial charge is 0.452 e. The molecule has 4 aromatic rings. The number of furan rings is 1. The molecular formula is C23H16O3. The Labute approximate surface area is 150 Å². The summed E-state index contributed by atoms with van der Waals surface area (Å²) in [5, 5.41) is 0.877. The van der Waals surface area contributed by atoms with E-state index in [0.717, 1.165) is 16.5 Å². The molecule has 3 heteroatoms. The minimum absolute atomic E-state index is 0.00851. The molecule has 1 heterocycles. The van der Waals surface area contributed by atoms with Crippen LogP contribution in [0.5, 0.6) is 0 Å². The standard InChI is InChI=1S/C23H16O3/c1-15(24)16-11-13-17(14-12-16)21-19-9-5-6-10-20(19)26-23(21)22(25)18-7-3-2-4-8-18/h2-14H,1H3. The third-order valence-corrected chi connectivity index (χ3v) is 4.42. The van der Waals surface area contributed by atoms with Crippen LogP contribution in [0.3, 0.4) is 0 Å². The Hall–Kier alpha value is -3.46. The second kappa shape index (κ2) is 6.45. The van der Waals surface area contributed by atoms with Gasteiger partial charge in [0.2, 0.25) is 5.78 Å². The minimum atomic E-state index is -0.160. The molecule has 0 aliphatic carbocycles. The Kier molecular flexibility index (Phi) is 3.98. The SMILES string of the molecule is CC(=O)c1ccc(-c2c(C(=O)c3ccccc3)oc3ccccc23)cc1. The molecule has 0 saturated carbocycles. The lowest BCUT2D eigenvalue weighted by Gasteiger charge is -2.05. The number of hydrogen-bond acceptors (Lipinski definition) is 3. The van der Waals surface area contributed by atoms with Crippen molar-refractivity contribution in [1.29, 1.82) is 0 Å². The molecule has 26 heavy (non-hydrogen) atoms. The molecule has 3 aromatic carbocycles. The quantitative estimate of drug-likeness (QED) is 0.459. The molecule has 0 atom stereocenters. The van der Waals surface area contributed by atoms with E-state index in [1.807, 2.05) is 54.6 Å². The molecule has 0 aliphatic rings. The van der Waals surface area contributed by atoms with Crippen LogP contribution in [-0.2, 0) is 0 Å². The van der Waals surface area contributed by atoms with E-state index >= 15 is 0 Å². The molecule has 0 fully saturated rings. The number of rotatable bonds is 4. The highest BCUT2D eigenvalue weighted by atomic mass is 16.3. The van der Waals surface area contributed by atoms with E-state index in [4.69, 9.17) is 4.42 Å². The normalized spacial score (nSPS) is 10.8. The van der Waals surface area contributed by atoms with E-state index in [2.05, 4.69) is 0 Å². The average Bonchev–Trinajstić information content (AvgIpc) is 3.07. The van der Waals surface area contributed by atoms with E-state index in [9.17, 15) is 9.59 Å². The Balaban J connectivity index is 1.92. The van der Waals surface area contributed by atoms with Crippen molar-refractivity contribution in [2.45, 2.75) is 6.92 Å². The van der Waals surface area contributed by atoms with Crippen LogP contribution in [0.4, 0.5) is 0 Å². The first-order chi connectivity index (χ1) is 12.6. The summed E-state index contributed by atoms with van der Waals surface area (Å²) in [6.45, 7) is 1.53. The molecule has 0 bridgehead atoms. The van der Waals surface area contributed by atoms with E-state index in [-0.39, 0.29) is 11.6 Å². The van der Waals surface area contributed by atoms with Crippen LogP contribution in [0.1, 0.15) is 33.4 Å². The van der Waals surface area contributed by atoms with E-state index < -0.39 is 0 Å². The molecule has 0 spiro atoms. The van der Waals surface area contributed by atoms with Crippen molar-refractivity contribution >= 4 is 22.5 Å². The lowest BCUT2D eigenvalue weighted by molar-refractivity contribution is 0.100. The van der Waals surface area contributed by atoms with Gasteiger partial charge in [-0.3, -0.25) is 9.59 Å². The molecule has 3 nitrogen and oxygen atoms in total. The van der Waals surface area contributed by atoms with Gasteiger partial charge in [0, 0.05) is 22.1 Å². The van der Waals surface area contributed by atoms with Crippen LogP contribution in [0.2, 0.25) is 0 Å². The number of carbonyl (C=O) groups excluding carboxylic acids is 2. The molecule has 0 amide bonds. The van der Waals surface area contributed by atoms with Gasteiger partial charge in [-0.25, -0.2) is 0 Å². The molecule has 0 unspecified atom stereocenters. The van der Waals surface area contributed by atoms with Crippen LogP contribution in [0.15, 0.2) is 83.3 Å². The van der Waals surface area contributed by atoms with Crippen LogP contribution in [-0.4, -0.2) is 11.6 Å². The maximum atomic E-state index is 13.0. The van der Waals surface area contributed by atoms with Crippen molar-refractivity contribution in [1.82, 2.24) is 0 Å². The highest BCUT2D eigenvalue weighted by Crippen LogP contribution is 2.36. The van der Waals surface area contributed by atoms with Crippen molar-refractivity contribution in [3.63, 3.8) is 0 Å². The monoisotopic (exact) mass is 340 g/mol. The highest BCUT2D eigenvalue weighted by molar-refractivity contribution is 6.15. The Morgan fingerprint density at radius 1 is 0.731 bits per heavy atom. The van der Waals surface area contributed by atoms with Crippen LogP contribution < -0.4 is 0 Å². The van der Waals surface area contributed by atoms with Gasteiger partial charge in [-0.2, -0.15) is 0 Å². The molecule has 1 aromatic heterocycles. The summed E-state index contributed by atoms with van der Waals surface area (Å²) in [6.07, 6.45) is 0. The predicted molar refractivity (Wildman–Crippen MR) is 102 cm³/mol. The summed E-state index contributed by atoms with van der Waals surface area (Å²) in [5.74, 6) is 0.162. The summed E-state index contributed by atoms with van der Waals surface area (Å²) in [7, 11) is 0. The van der Waals surface area contributed by atoms with Gasteiger partial charge in [0.25, 0.3) is 0 Å². The van der Waals surface area contributed by atoms with Gasteiger partial charge < -0.3 is 4.42 Å². The zero-order valence-electron chi connectivity index (χ0n) is 14.2. The Bertz CT molecular complexity index is 1100. The summed E-state index contributed by atoms with van der Waals surface area (Å²) in [5.41, 5.74) is 3.48. The zero-order valence-corrected chi connectivity index (χ0v) is 14.2. The van der Waals surface area contributed by atoms with Crippen molar-refractivity contribution in [2.75, 3.05) is 0 Å². The van der Waals surface area contributed by atoms with Gasteiger partial charge in [-0.05, 0) is 18.6 Å². The Morgan fingerprint density at radius 3 is 2.08 bits per heavy atom. The Morgan fingerprint density at radius 2 is 1.38 bits per heavy atom. The number of carbonyl (C=O) groups is 2. The third kappa shape index (κ3) is 2.74. The number of ketones is 2. The number of fused-ring (bicyclic) bond motifs is 1.